The summed E-state index contributed by atoms with van der Waals surface area (Å²) >= 11 is 0. The Kier molecular flexibility index (Phi) is 14.5. The monoisotopic (exact) mass is 712 g/mol. The summed E-state index contributed by atoms with van der Waals surface area (Å²) in [6.45, 7) is 8.42. The first kappa shape index (κ1) is 40.4. The molecule has 0 radical (unpaired) electrons. The van der Waals surface area contributed by atoms with Gasteiger partial charge in [-0.25, -0.2) is 18.8 Å². The summed E-state index contributed by atoms with van der Waals surface area (Å²) in [5.74, 6) is -4.14. The molecule has 4 amide bonds. The molecule has 3 rings (SSSR count). The van der Waals surface area contributed by atoms with E-state index in [0.717, 1.165) is 0 Å². The Labute approximate surface area is 297 Å². The van der Waals surface area contributed by atoms with Gasteiger partial charge in [0.25, 0.3) is 0 Å². The third-order valence-electron chi connectivity index (χ3n) is 8.52. The van der Waals surface area contributed by atoms with Crippen molar-refractivity contribution in [1.29, 1.82) is 0 Å². The second kappa shape index (κ2) is 18.3. The van der Waals surface area contributed by atoms with Crippen LogP contribution < -0.4 is 16.0 Å². The first-order valence-corrected chi connectivity index (χ1v) is 17.2. The van der Waals surface area contributed by atoms with Gasteiger partial charge in [-0.15, -0.1) is 0 Å². The van der Waals surface area contributed by atoms with Crippen molar-refractivity contribution in [3.8, 4) is 0 Å². The summed E-state index contributed by atoms with van der Waals surface area (Å²) in [7, 11) is 0. The van der Waals surface area contributed by atoms with Crippen LogP contribution in [-0.2, 0) is 35.1 Å². The Balaban J connectivity index is 1.74. The van der Waals surface area contributed by atoms with E-state index in [-0.39, 0.29) is 38.8 Å². The molecule has 14 heteroatoms. The Hall–Kier alpha value is -5.01. The van der Waals surface area contributed by atoms with Gasteiger partial charge in [-0.3, -0.25) is 14.4 Å². The van der Waals surface area contributed by atoms with Gasteiger partial charge in [0.2, 0.25) is 17.7 Å². The van der Waals surface area contributed by atoms with Crippen molar-refractivity contribution < 1.29 is 47.7 Å². The number of alkyl carbamates (subject to hydrolysis) is 1. The zero-order valence-electron chi connectivity index (χ0n) is 29.8. The third-order valence-corrected chi connectivity index (χ3v) is 8.52. The number of carboxylic acid groups (broad SMARTS) is 1. The molecular weight excluding hydrogens is 663 g/mol. The number of esters is 1. The van der Waals surface area contributed by atoms with Crippen LogP contribution in [0.2, 0.25) is 0 Å². The smallest absolute Gasteiger partial charge is 0.408 e. The summed E-state index contributed by atoms with van der Waals surface area (Å²) in [6.07, 6.45) is 0.783. The van der Waals surface area contributed by atoms with Crippen LogP contribution in [0, 0.1) is 5.82 Å². The van der Waals surface area contributed by atoms with E-state index < -0.39 is 70.8 Å². The van der Waals surface area contributed by atoms with Gasteiger partial charge in [0.1, 0.15) is 35.1 Å². The van der Waals surface area contributed by atoms with Crippen LogP contribution in [0.5, 0.6) is 0 Å². The molecule has 0 saturated carbocycles. The molecule has 0 spiro atoms. The summed E-state index contributed by atoms with van der Waals surface area (Å²) < 4.78 is 24.3. The molecule has 4 N–H and O–H groups in total. The minimum atomic E-state index is -1.57. The predicted molar refractivity (Wildman–Crippen MR) is 185 cm³/mol. The van der Waals surface area contributed by atoms with Crippen molar-refractivity contribution in [2.45, 2.75) is 109 Å². The number of carbonyl (C=O) groups excluding carboxylic acids is 5. The SMILES string of the molecule is CC[C@@](C)(NC(=O)[C@H](CCCCOC(=O)c1ccccc1)NC(=O)OC(C)(C)C)C(=O)N[C@@H](Cc1ccc(F)cc1)C(=O)N1CCC[C@@H]1C(=O)O. The number of benzene rings is 2. The zero-order chi connectivity index (χ0) is 37.8. The number of nitrogens with zero attached hydrogens (tertiary/aromatic N) is 1. The van der Waals surface area contributed by atoms with E-state index in [4.69, 9.17) is 9.47 Å². The first-order valence-electron chi connectivity index (χ1n) is 17.2. The van der Waals surface area contributed by atoms with Gasteiger partial charge in [0, 0.05) is 13.0 Å². The summed E-state index contributed by atoms with van der Waals surface area (Å²) in [5, 5.41) is 17.7. The molecule has 2 aromatic carbocycles. The van der Waals surface area contributed by atoms with Crippen molar-refractivity contribution in [3.63, 3.8) is 0 Å². The first-order chi connectivity index (χ1) is 24.0. The van der Waals surface area contributed by atoms with Crippen molar-refractivity contribution in [3.05, 3.63) is 71.5 Å². The molecule has 0 aromatic heterocycles. The quantitative estimate of drug-likeness (QED) is 0.147. The van der Waals surface area contributed by atoms with Gasteiger partial charge in [-0.05, 0) is 96.0 Å². The van der Waals surface area contributed by atoms with Crippen LogP contribution in [0.25, 0.3) is 0 Å². The lowest BCUT2D eigenvalue weighted by atomic mass is 9.94. The Morgan fingerprint density at radius 2 is 1.61 bits per heavy atom. The second-order valence-electron chi connectivity index (χ2n) is 13.8. The van der Waals surface area contributed by atoms with Crippen LogP contribution in [0.15, 0.2) is 54.6 Å². The van der Waals surface area contributed by atoms with Crippen LogP contribution in [0.3, 0.4) is 0 Å². The van der Waals surface area contributed by atoms with E-state index in [2.05, 4.69) is 16.0 Å². The van der Waals surface area contributed by atoms with Gasteiger partial charge in [-0.2, -0.15) is 0 Å². The van der Waals surface area contributed by atoms with Gasteiger partial charge < -0.3 is 35.4 Å². The minimum absolute atomic E-state index is 0.0564. The average Bonchev–Trinajstić information content (AvgIpc) is 3.58. The number of carbonyl (C=O) groups is 6. The third kappa shape index (κ3) is 12.4. The van der Waals surface area contributed by atoms with Crippen molar-refractivity contribution >= 4 is 35.8 Å². The average molecular weight is 713 g/mol. The molecule has 0 unspecified atom stereocenters. The number of hydrogen-bond acceptors (Lipinski definition) is 8. The molecule has 1 aliphatic heterocycles. The van der Waals surface area contributed by atoms with E-state index in [1.165, 1.54) is 36.1 Å². The number of hydrogen-bond donors (Lipinski definition) is 4. The van der Waals surface area contributed by atoms with E-state index in [0.29, 0.717) is 30.4 Å². The number of halogens is 1. The van der Waals surface area contributed by atoms with Crippen LogP contribution in [0.4, 0.5) is 9.18 Å². The van der Waals surface area contributed by atoms with Gasteiger partial charge >= 0.3 is 18.0 Å². The number of likely N-dealkylation sites (tertiary alicyclic amines) is 1. The number of carboxylic acids is 1. The highest BCUT2D eigenvalue weighted by Gasteiger charge is 2.41. The fourth-order valence-corrected chi connectivity index (χ4v) is 5.52. The van der Waals surface area contributed by atoms with Crippen LogP contribution in [0.1, 0.15) is 89.1 Å². The maximum Gasteiger partial charge on any atom is 0.408 e. The lowest BCUT2D eigenvalue weighted by Crippen LogP contribution is -2.63. The second-order valence-corrected chi connectivity index (χ2v) is 13.8. The molecule has 1 heterocycles. The number of nitrogens with one attached hydrogen (secondary N) is 3. The lowest BCUT2D eigenvalue weighted by Gasteiger charge is -2.34. The normalized spacial score (nSPS) is 16.6. The summed E-state index contributed by atoms with van der Waals surface area (Å²) in [6, 6.07) is 10.5. The van der Waals surface area contributed by atoms with Crippen molar-refractivity contribution in [2.24, 2.45) is 0 Å². The van der Waals surface area contributed by atoms with Gasteiger partial charge in [-0.1, -0.05) is 37.3 Å². The highest BCUT2D eigenvalue weighted by molar-refractivity contribution is 5.97. The molecule has 1 aliphatic rings. The van der Waals surface area contributed by atoms with Crippen molar-refractivity contribution in [2.75, 3.05) is 13.2 Å². The number of amides is 4. The predicted octanol–water partition coefficient (Wildman–Crippen LogP) is 4.13. The van der Waals surface area contributed by atoms with E-state index >= 15 is 0 Å². The van der Waals surface area contributed by atoms with Crippen molar-refractivity contribution in [1.82, 2.24) is 20.9 Å². The van der Waals surface area contributed by atoms with Gasteiger partial charge in [0.15, 0.2) is 0 Å². The van der Waals surface area contributed by atoms with E-state index in [9.17, 15) is 38.3 Å². The molecule has 4 atom stereocenters. The van der Waals surface area contributed by atoms with E-state index in [1.54, 1.807) is 58.0 Å². The molecule has 1 fully saturated rings. The zero-order valence-corrected chi connectivity index (χ0v) is 29.8. The molecule has 278 valence electrons. The highest BCUT2D eigenvalue weighted by atomic mass is 19.1. The number of rotatable bonds is 16. The molecule has 13 nitrogen and oxygen atoms in total. The van der Waals surface area contributed by atoms with Gasteiger partial charge in [0.05, 0.1) is 12.2 Å². The minimum Gasteiger partial charge on any atom is -0.480 e. The maximum absolute atomic E-state index is 13.9. The lowest BCUT2D eigenvalue weighted by molar-refractivity contribution is -0.149. The Bertz CT molecular complexity index is 1530. The molecule has 1 saturated heterocycles. The number of unbranched alkanes of at least 4 members (excludes halogenated alkanes) is 1. The highest BCUT2D eigenvalue weighted by Crippen LogP contribution is 2.21. The van der Waals surface area contributed by atoms with E-state index in [1.807, 2.05) is 0 Å². The fourth-order valence-electron chi connectivity index (χ4n) is 5.52. The Morgan fingerprint density at radius 1 is 0.941 bits per heavy atom. The van der Waals surface area contributed by atoms with Crippen LogP contribution >= 0.6 is 0 Å². The number of ether oxygens (including phenoxy) is 2. The topological polar surface area (TPSA) is 180 Å². The summed E-state index contributed by atoms with van der Waals surface area (Å²) in [4.78, 5) is 79.4. The molecule has 0 bridgehead atoms. The largest absolute Gasteiger partial charge is 0.480 e. The molecule has 0 aliphatic carbocycles. The molecule has 51 heavy (non-hydrogen) atoms. The summed E-state index contributed by atoms with van der Waals surface area (Å²) in [5.41, 5.74) is -1.49. The van der Waals surface area contributed by atoms with Crippen LogP contribution in [-0.4, -0.2) is 88.2 Å². The Morgan fingerprint density at radius 3 is 2.22 bits per heavy atom. The maximum atomic E-state index is 13.9. The number of aliphatic carboxylic acids is 1. The molecular formula is C37H49FN4O9. The fraction of sp³-hybridized carbons (Fsp3) is 0.514. The standard InChI is InChI=1S/C37H49FN4O9/c1-6-37(5,34(48)39-28(23-24-17-19-26(38)20-18-24)31(44)42-21-12-16-29(42)32(45)46)41-30(43)27(40-35(49)51-36(2,3)4)15-10-11-22-50-33(47)25-13-8-7-9-14-25/h7-9,13-14,17-20,27-29H,6,10-12,15-16,21-23H2,1-5H3,(H,39,48)(H,40,49)(H,41,43)(H,45,46)/t27-,28-,29+,37+/m0/s1. The molecule has 2 aromatic rings.